The summed E-state index contributed by atoms with van der Waals surface area (Å²) in [4.78, 5) is 12.2. The summed E-state index contributed by atoms with van der Waals surface area (Å²) in [5, 5.41) is 21.9. The number of nitrogens with one attached hydrogen (secondary N) is 1. The predicted octanol–water partition coefficient (Wildman–Crippen LogP) is 4.47. The molecule has 0 spiro atoms. The number of benzene rings is 2. The van der Waals surface area contributed by atoms with Gasteiger partial charge in [0.2, 0.25) is 0 Å². The lowest BCUT2D eigenvalue weighted by Crippen LogP contribution is -2.13. The van der Waals surface area contributed by atoms with Gasteiger partial charge in [-0.2, -0.15) is 5.26 Å². The Morgan fingerprint density at radius 2 is 1.96 bits per heavy atom. The summed E-state index contributed by atoms with van der Waals surface area (Å²) in [6, 6.07) is 11.8. The molecule has 0 aliphatic heterocycles. The number of hydrogen-bond donors (Lipinski definition) is 2. The van der Waals surface area contributed by atoms with Gasteiger partial charge in [-0.05, 0) is 58.4 Å². The van der Waals surface area contributed by atoms with Gasteiger partial charge in [0.25, 0.3) is 5.91 Å². The molecule has 24 heavy (non-hydrogen) atoms. The van der Waals surface area contributed by atoms with E-state index in [4.69, 9.17) is 4.74 Å². The third kappa shape index (κ3) is 4.37. The fourth-order valence-corrected chi connectivity index (χ4v) is 3.13. The van der Waals surface area contributed by atoms with Gasteiger partial charge in [-0.25, -0.2) is 0 Å². The van der Waals surface area contributed by atoms with Crippen LogP contribution in [0.5, 0.6) is 11.5 Å². The van der Waals surface area contributed by atoms with Crippen molar-refractivity contribution < 1.29 is 14.6 Å². The number of rotatable bonds is 4. The third-order valence-corrected chi connectivity index (χ3v) is 4.13. The van der Waals surface area contributed by atoms with Crippen LogP contribution in [0.3, 0.4) is 0 Å². The highest BCUT2D eigenvalue weighted by molar-refractivity contribution is 9.11. The Kier molecular flexibility index (Phi) is 6.01. The Morgan fingerprint density at radius 3 is 2.54 bits per heavy atom. The maximum absolute atomic E-state index is 12.2. The second-order valence-electron chi connectivity index (χ2n) is 4.68. The number of anilines is 1. The molecule has 2 aromatic rings. The van der Waals surface area contributed by atoms with E-state index in [1.807, 2.05) is 6.07 Å². The van der Waals surface area contributed by atoms with Crippen molar-refractivity contribution in [3.8, 4) is 17.6 Å². The molecule has 0 aromatic heterocycles. The zero-order valence-electron chi connectivity index (χ0n) is 12.5. The van der Waals surface area contributed by atoms with Gasteiger partial charge in [0, 0.05) is 15.7 Å². The molecule has 7 heteroatoms. The van der Waals surface area contributed by atoms with Gasteiger partial charge in [-0.15, -0.1) is 0 Å². The molecule has 2 N–H and O–H groups in total. The van der Waals surface area contributed by atoms with E-state index in [1.165, 1.54) is 6.08 Å². The molecular formula is C17H12Br2N2O3. The Balaban J connectivity index is 2.27. The van der Waals surface area contributed by atoms with E-state index >= 15 is 0 Å². The van der Waals surface area contributed by atoms with Crippen molar-refractivity contribution in [1.82, 2.24) is 0 Å². The molecule has 0 fully saturated rings. The Bertz CT molecular complexity index is 840. The SMILES string of the molecule is COc1ccc(NC(=O)C(C#N)=Cc2cc(Br)cc(Br)c2O)cc1. The number of nitriles is 1. The Morgan fingerprint density at radius 1 is 1.29 bits per heavy atom. The molecule has 0 unspecified atom stereocenters. The number of carbonyl (C=O) groups excluding carboxylic acids is 1. The largest absolute Gasteiger partial charge is 0.506 e. The van der Waals surface area contributed by atoms with Gasteiger partial charge < -0.3 is 15.2 Å². The van der Waals surface area contributed by atoms with Gasteiger partial charge in [0.1, 0.15) is 23.1 Å². The molecule has 0 heterocycles. The van der Waals surface area contributed by atoms with Gasteiger partial charge in [0.15, 0.2) is 0 Å². The van der Waals surface area contributed by atoms with E-state index in [2.05, 4.69) is 37.2 Å². The first-order valence-electron chi connectivity index (χ1n) is 6.70. The molecule has 5 nitrogen and oxygen atoms in total. The van der Waals surface area contributed by atoms with Crippen LogP contribution in [0.2, 0.25) is 0 Å². The molecule has 0 aliphatic rings. The molecule has 0 radical (unpaired) electrons. The van der Waals surface area contributed by atoms with Crippen molar-refractivity contribution in [1.29, 1.82) is 5.26 Å². The van der Waals surface area contributed by atoms with E-state index in [0.29, 0.717) is 25.9 Å². The summed E-state index contributed by atoms with van der Waals surface area (Å²) in [6.45, 7) is 0. The summed E-state index contributed by atoms with van der Waals surface area (Å²) < 4.78 is 6.20. The number of carbonyl (C=O) groups is 1. The molecule has 0 bridgehead atoms. The van der Waals surface area contributed by atoms with Crippen LogP contribution in [0.1, 0.15) is 5.56 Å². The lowest BCUT2D eigenvalue weighted by Gasteiger charge is -2.07. The molecule has 1 amide bonds. The standard InChI is InChI=1S/C17H12Br2N2O3/c1-24-14-4-2-13(3-5-14)21-17(23)11(9-20)6-10-7-12(18)8-15(19)16(10)22/h2-8,22H,1H3,(H,21,23). The average molecular weight is 452 g/mol. The summed E-state index contributed by atoms with van der Waals surface area (Å²) >= 11 is 6.51. The highest BCUT2D eigenvalue weighted by Crippen LogP contribution is 2.33. The smallest absolute Gasteiger partial charge is 0.266 e. The monoisotopic (exact) mass is 450 g/mol. The van der Waals surface area contributed by atoms with E-state index in [9.17, 15) is 15.2 Å². The summed E-state index contributed by atoms with van der Waals surface area (Å²) in [5.41, 5.74) is 0.741. The van der Waals surface area contributed by atoms with E-state index in [-0.39, 0.29) is 11.3 Å². The van der Waals surface area contributed by atoms with E-state index in [1.54, 1.807) is 43.5 Å². The lowest BCUT2D eigenvalue weighted by molar-refractivity contribution is -0.112. The highest BCUT2D eigenvalue weighted by atomic mass is 79.9. The second-order valence-corrected chi connectivity index (χ2v) is 6.45. The maximum atomic E-state index is 12.2. The minimum Gasteiger partial charge on any atom is -0.506 e. The zero-order valence-corrected chi connectivity index (χ0v) is 15.7. The highest BCUT2D eigenvalue weighted by Gasteiger charge is 2.12. The normalized spacial score (nSPS) is 10.8. The molecule has 0 aliphatic carbocycles. The molecule has 0 atom stereocenters. The van der Waals surface area contributed by atoms with Crippen molar-refractivity contribution in [3.63, 3.8) is 0 Å². The first-order chi connectivity index (χ1) is 11.4. The molecule has 0 saturated carbocycles. The number of aromatic hydroxyl groups is 1. The summed E-state index contributed by atoms with van der Waals surface area (Å²) in [6.07, 6.45) is 1.32. The number of ether oxygens (including phenoxy) is 1. The summed E-state index contributed by atoms with van der Waals surface area (Å²) in [5.74, 6) is 0.0364. The number of halogens is 2. The van der Waals surface area contributed by atoms with Crippen LogP contribution < -0.4 is 10.1 Å². The van der Waals surface area contributed by atoms with Crippen LogP contribution in [0, 0.1) is 11.3 Å². The minimum atomic E-state index is -0.571. The Labute approximate surface area is 155 Å². The lowest BCUT2D eigenvalue weighted by atomic mass is 10.1. The van der Waals surface area contributed by atoms with Crippen molar-refractivity contribution >= 4 is 49.5 Å². The number of amides is 1. The predicted molar refractivity (Wildman–Crippen MR) is 98.7 cm³/mol. The second kappa shape index (κ2) is 7.99. The quantitative estimate of drug-likeness (QED) is 0.530. The minimum absolute atomic E-state index is 0.0526. The van der Waals surface area contributed by atoms with Crippen molar-refractivity contribution in [3.05, 3.63) is 56.5 Å². The molecular weight excluding hydrogens is 440 g/mol. The number of nitrogens with zero attached hydrogens (tertiary/aromatic N) is 1. The van der Waals surface area contributed by atoms with Crippen LogP contribution in [-0.2, 0) is 4.79 Å². The number of hydrogen-bond acceptors (Lipinski definition) is 4. The first-order valence-corrected chi connectivity index (χ1v) is 8.28. The molecule has 2 rings (SSSR count). The third-order valence-electron chi connectivity index (χ3n) is 3.07. The van der Waals surface area contributed by atoms with Crippen LogP contribution >= 0.6 is 31.9 Å². The van der Waals surface area contributed by atoms with Crippen LogP contribution in [-0.4, -0.2) is 18.1 Å². The summed E-state index contributed by atoms with van der Waals surface area (Å²) in [7, 11) is 1.55. The first kappa shape index (κ1) is 18.0. The van der Waals surface area contributed by atoms with Gasteiger partial charge >= 0.3 is 0 Å². The number of methoxy groups -OCH3 is 1. The van der Waals surface area contributed by atoms with Crippen molar-refractivity contribution in [2.24, 2.45) is 0 Å². The maximum Gasteiger partial charge on any atom is 0.266 e. The van der Waals surface area contributed by atoms with Crippen molar-refractivity contribution in [2.45, 2.75) is 0 Å². The van der Waals surface area contributed by atoms with Crippen LogP contribution in [0.15, 0.2) is 50.9 Å². The number of phenolic OH excluding ortho intramolecular Hbond substituents is 1. The average Bonchev–Trinajstić information content (AvgIpc) is 2.57. The fraction of sp³-hybridized carbons (Fsp3) is 0.0588. The number of phenols is 1. The van der Waals surface area contributed by atoms with Crippen LogP contribution in [0.25, 0.3) is 6.08 Å². The topological polar surface area (TPSA) is 82.3 Å². The van der Waals surface area contributed by atoms with Gasteiger partial charge in [0.05, 0.1) is 11.6 Å². The van der Waals surface area contributed by atoms with E-state index < -0.39 is 5.91 Å². The molecule has 122 valence electrons. The van der Waals surface area contributed by atoms with Gasteiger partial charge in [-0.3, -0.25) is 4.79 Å². The Hall–Kier alpha value is -2.30. The van der Waals surface area contributed by atoms with E-state index in [0.717, 1.165) is 0 Å². The van der Waals surface area contributed by atoms with Crippen LogP contribution in [0.4, 0.5) is 5.69 Å². The van der Waals surface area contributed by atoms with Gasteiger partial charge in [-0.1, -0.05) is 15.9 Å². The van der Waals surface area contributed by atoms with Crippen molar-refractivity contribution in [2.75, 3.05) is 12.4 Å². The zero-order chi connectivity index (χ0) is 17.7. The fourth-order valence-electron chi connectivity index (χ4n) is 1.87. The molecule has 0 saturated heterocycles. The molecule has 2 aromatic carbocycles.